The van der Waals surface area contributed by atoms with Gasteiger partial charge in [0.05, 0.1) is 22.3 Å². The van der Waals surface area contributed by atoms with Crippen LogP contribution in [0.15, 0.2) is 34.6 Å². The van der Waals surface area contributed by atoms with Crippen LogP contribution in [0.2, 0.25) is 0 Å². The third-order valence-corrected chi connectivity index (χ3v) is 5.42. The SMILES string of the molecule is CC(OC1CCCC(Cn2ccnc2)O1)c1ccc(Br)s1. The number of ether oxygens (including phenoxy) is 2. The Balaban J connectivity index is 1.53. The van der Waals surface area contributed by atoms with E-state index in [1.807, 2.05) is 12.5 Å². The Kier molecular flexibility index (Phi) is 5.11. The van der Waals surface area contributed by atoms with Gasteiger partial charge in [-0.15, -0.1) is 11.3 Å². The zero-order valence-corrected chi connectivity index (χ0v) is 14.3. The lowest BCUT2D eigenvalue weighted by molar-refractivity contribution is -0.215. The van der Waals surface area contributed by atoms with Crippen LogP contribution in [0.25, 0.3) is 0 Å². The van der Waals surface area contributed by atoms with Crippen LogP contribution >= 0.6 is 27.3 Å². The van der Waals surface area contributed by atoms with Crippen molar-refractivity contribution in [1.29, 1.82) is 0 Å². The highest BCUT2D eigenvalue weighted by Crippen LogP contribution is 2.32. The average Bonchev–Trinajstić information content (AvgIpc) is 3.11. The van der Waals surface area contributed by atoms with Crippen LogP contribution in [0.1, 0.15) is 37.2 Å². The molecule has 3 rings (SSSR count). The fourth-order valence-electron chi connectivity index (χ4n) is 2.57. The largest absolute Gasteiger partial charge is 0.348 e. The number of aromatic nitrogens is 2. The molecule has 1 saturated heterocycles. The number of nitrogens with zero attached hydrogens (tertiary/aromatic N) is 2. The first-order valence-electron chi connectivity index (χ1n) is 7.22. The van der Waals surface area contributed by atoms with E-state index >= 15 is 0 Å². The lowest BCUT2D eigenvalue weighted by Crippen LogP contribution is -2.32. The van der Waals surface area contributed by atoms with Crippen molar-refractivity contribution in [1.82, 2.24) is 9.55 Å². The molecule has 1 fully saturated rings. The van der Waals surface area contributed by atoms with Gasteiger partial charge < -0.3 is 14.0 Å². The van der Waals surface area contributed by atoms with E-state index in [1.165, 1.54) is 4.88 Å². The molecule has 4 nitrogen and oxygen atoms in total. The summed E-state index contributed by atoms with van der Waals surface area (Å²) in [4.78, 5) is 5.29. The molecule has 3 atom stereocenters. The Morgan fingerprint density at radius 1 is 1.52 bits per heavy atom. The van der Waals surface area contributed by atoms with Crippen molar-refractivity contribution in [2.45, 2.75) is 51.2 Å². The predicted octanol–water partition coefficient (Wildman–Crippen LogP) is 4.38. The quantitative estimate of drug-likeness (QED) is 0.783. The molecule has 0 N–H and O–H groups in total. The molecule has 0 saturated carbocycles. The molecule has 3 heterocycles. The summed E-state index contributed by atoms with van der Waals surface area (Å²) in [5, 5.41) is 0. The van der Waals surface area contributed by atoms with Crippen molar-refractivity contribution in [2.24, 2.45) is 0 Å². The predicted molar refractivity (Wildman–Crippen MR) is 86.3 cm³/mol. The van der Waals surface area contributed by atoms with Crippen molar-refractivity contribution in [3.05, 3.63) is 39.5 Å². The summed E-state index contributed by atoms with van der Waals surface area (Å²) in [6, 6.07) is 4.16. The molecule has 0 amide bonds. The summed E-state index contributed by atoms with van der Waals surface area (Å²) in [5.41, 5.74) is 0. The Hall–Kier alpha value is -0.690. The molecule has 1 aliphatic heterocycles. The van der Waals surface area contributed by atoms with Crippen LogP contribution < -0.4 is 0 Å². The first kappa shape index (κ1) is 15.2. The number of hydrogen-bond donors (Lipinski definition) is 0. The Bertz CT molecular complexity index is 558. The number of hydrogen-bond acceptors (Lipinski definition) is 4. The summed E-state index contributed by atoms with van der Waals surface area (Å²) in [6.45, 7) is 2.93. The molecule has 0 spiro atoms. The van der Waals surface area contributed by atoms with Gasteiger partial charge in [-0.25, -0.2) is 4.98 Å². The fraction of sp³-hybridized carbons (Fsp3) is 0.533. The normalized spacial score (nSPS) is 24.1. The summed E-state index contributed by atoms with van der Waals surface area (Å²) < 4.78 is 15.4. The standard InChI is InChI=1S/C15H19BrN2O2S/c1-11(13-5-6-14(16)21-13)19-15-4-2-3-12(20-15)9-18-8-7-17-10-18/h5-8,10-12,15H,2-4,9H2,1H3. The lowest BCUT2D eigenvalue weighted by atomic mass is 10.1. The molecule has 21 heavy (non-hydrogen) atoms. The van der Waals surface area contributed by atoms with E-state index in [9.17, 15) is 0 Å². The molecule has 3 unspecified atom stereocenters. The second kappa shape index (κ2) is 7.05. The van der Waals surface area contributed by atoms with Crippen molar-refractivity contribution >= 4 is 27.3 Å². The van der Waals surface area contributed by atoms with Crippen LogP contribution in [0, 0.1) is 0 Å². The Morgan fingerprint density at radius 3 is 3.14 bits per heavy atom. The van der Waals surface area contributed by atoms with Crippen LogP contribution in [-0.2, 0) is 16.0 Å². The number of imidazole rings is 1. The maximum atomic E-state index is 6.08. The van der Waals surface area contributed by atoms with E-state index in [1.54, 1.807) is 17.5 Å². The Labute approximate surface area is 137 Å². The zero-order chi connectivity index (χ0) is 14.7. The molecular formula is C15H19BrN2O2S. The van der Waals surface area contributed by atoms with Gasteiger partial charge in [0, 0.05) is 23.8 Å². The lowest BCUT2D eigenvalue weighted by Gasteiger charge is -2.31. The van der Waals surface area contributed by atoms with Crippen molar-refractivity contribution in [2.75, 3.05) is 0 Å². The van der Waals surface area contributed by atoms with Crippen molar-refractivity contribution in [3.63, 3.8) is 0 Å². The number of halogens is 1. The monoisotopic (exact) mass is 370 g/mol. The van der Waals surface area contributed by atoms with Crippen molar-refractivity contribution < 1.29 is 9.47 Å². The van der Waals surface area contributed by atoms with Gasteiger partial charge in [0.15, 0.2) is 6.29 Å². The third kappa shape index (κ3) is 4.16. The smallest absolute Gasteiger partial charge is 0.158 e. The van der Waals surface area contributed by atoms with Crippen LogP contribution in [0.3, 0.4) is 0 Å². The van der Waals surface area contributed by atoms with E-state index in [0.717, 1.165) is 29.6 Å². The number of rotatable bonds is 5. The molecular weight excluding hydrogens is 352 g/mol. The van der Waals surface area contributed by atoms with Crippen LogP contribution in [0.4, 0.5) is 0 Å². The average molecular weight is 371 g/mol. The van der Waals surface area contributed by atoms with E-state index in [4.69, 9.17) is 9.47 Å². The molecule has 0 bridgehead atoms. The highest BCUT2D eigenvalue weighted by atomic mass is 79.9. The van der Waals surface area contributed by atoms with Gasteiger partial charge in [0.2, 0.25) is 0 Å². The minimum Gasteiger partial charge on any atom is -0.348 e. The minimum absolute atomic E-state index is 0.0679. The first-order chi connectivity index (χ1) is 10.2. The molecule has 114 valence electrons. The third-order valence-electron chi connectivity index (χ3n) is 3.63. The Morgan fingerprint density at radius 2 is 2.43 bits per heavy atom. The van der Waals surface area contributed by atoms with Gasteiger partial charge in [-0.1, -0.05) is 0 Å². The fourth-order valence-corrected chi connectivity index (χ4v) is 3.98. The molecule has 0 radical (unpaired) electrons. The van der Waals surface area contributed by atoms with Gasteiger partial charge in [-0.2, -0.15) is 0 Å². The summed E-state index contributed by atoms with van der Waals surface area (Å²) >= 11 is 5.20. The molecule has 6 heteroatoms. The molecule has 0 aliphatic carbocycles. The molecule has 1 aliphatic rings. The topological polar surface area (TPSA) is 36.3 Å². The zero-order valence-electron chi connectivity index (χ0n) is 11.9. The van der Waals surface area contributed by atoms with Gasteiger partial charge in [0.25, 0.3) is 0 Å². The van der Waals surface area contributed by atoms with E-state index < -0.39 is 0 Å². The van der Waals surface area contributed by atoms with E-state index in [0.29, 0.717) is 0 Å². The van der Waals surface area contributed by atoms with Crippen molar-refractivity contribution in [3.8, 4) is 0 Å². The summed E-state index contributed by atoms with van der Waals surface area (Å²) in [6.07, 6.45) is 8.97. The molecule has 2 aromatic heterocycles. The molecule has 0 aromatic carbocycles. The first-order valence-corrected chi connectivity index (χ1v) is 8.83. The van der Waals surface area contributed by atoms with E-state index in [2.05, 4.69) is 44.5 Å². The highest BCUT2D eigenvalue weighted by molar-refractivity contribution is 9.11. The van der Waals surface area contributed by atoms with Gasteiger partial charge in [-0.05, 0) is 54.2 Å². The maximum absolute atomic E-state index is 6.08. The number of thiophene rings is 1. The van der Waals surface area contributed by atoms with Gasteiger partial charge >= 0.3 is 0 Å². The maximum Gasteiger partial charge on any atom is 0.158 e. The summed E-state index contributed by atoms with van der Waals surface area (Å²) in [7, 11) is 0. The van der Waals surface area contributed by atoms with Gasteiger partial charge in [-0.3, -0.25) is 0 Å². The van der Waals surface area contributed by atoms with E-state index in [-0.39, 0.29) is 18.5 Å². The van der Waals surface area contributed by atoms with Gasteiger partial charge in [0.1, 0.15) is 0 Å². The van der Waals surface area contributed by atoms with Crippen LogP contribution in [0.5, 0.6) is 0 Å². The summed E-state index contributed by atoms with van der Waals surface area (Å²) in [5.74, 6) is 0. The second-order valence-electron chi connectivity index (χ2n) is 5.30. The highest BCUT2D eigenvalue weighted by Gasteiger charge is 2.25. The van der Waals surface area contributed by atoms with Crippen LogP contribution in [-0.4, -0.2) is 21.9 Å². The second-order valence-corrected chi connectivity index (χ2v) is 7.79. The molecule has 2 aromatic rings. The minimum atomic E-state index is -0.108.